The molecule has 0 amide bonds. The minimum absolute atomic E-state index is 0.199. The molecule has 0 rings (SSSR count). The second-order valence-corrected chi connectivity index (χ2v) is 26.9. The number of aliphatic hydroxyl groups excluding tert-OH is 1. The molecule has 0 bridgehead atoms. The Labute approximate surface area is 286 Å². The van der Waals surface area contributed by atoms with E-state index >= 15 is 0 Å². The predicted molar refractivity (Wildman–Crippen MR) is 207 cm³/mol. The minimum atomic E-state index is -1.90. The lowest BCUT2D eigenvalue weighted by Crippen LogP contribution is -2.50. The molecule has 1 N–H and O–H groups in total. The van der Waals surface area contributed by atoms with E-state index in [9.17, 15) is 5.11 Å². The zero-order chi connectivity index (χ0) is 34.4. The molecule has 0 aromatic rings. The lowest BCUT2D eigenvalue weighted by molar-refractivity contribution is 0.0653. The van der Waals surface area contributed by atoms with E-state index in [4.69, 9.17) is 8.85 Å². The van der Waals surface area contributed by atoms with Crippen molar-refractivity contribution in [3.8, 4) is 0 Å². The summed E-state index contributed by atoms with van der Waals surface area (Å²) in [5.74, 6) is 0. The Kier molecular flexibility index (Phi) is 24.6. The van der Waals surface area contributed by atoms with Crippen molar-refractivity contribution in [1.82, 2.24) is 4.90 Å². The first-order chi connectivity index (χ1) is 21.0. The van der Waals surface area contributed by atoms with Crippen LogP contribution in [0.4, 0.5) is 0 Å². The van der Waals surface area contributed by atoms with Crippen LogP contribution in [0.15, 0.2) is 0 Å². The van der Waals surface area contributed by atoms with Crippen LogP contribution in [0.5, 0.6) is 0 Å². The van der Waals surface area contributed by atoms with Crippen LogP contribution in [-0.2, 0) is 8.85 Å². The van der Waals surface area contributed by atoms with E-state index in [1.54, 1.807) is 0 Å². The standard InChI is InChI=1S/C39H85NO3Si2/c1-13-15-17-19-21-23-25-27-30-36(42-44(9,10)38(3,4)5)34-40(32-29-33-41)35-37(43-45(11,12)39(6,7)8)31-28-26-24-22-20-18-16-14-2/h36-37,41H,13-35H2,1-12H3. The summed E-state index contributed by atoms with van der Waals surface area (Å²) in [7, 11) is -3.80. The van der Waals surface area contributed by atoms with Crippen LogP contribution in [0, 0.1) is 0 Å². The van der Waals surface area contributed by atoms with Gasteiger partial charge in [-0.05, 0) is 55.5 Å². The Hall–Kier alpha value is 0.274. The Morgan fingerprint density at radius 3 is 1.11 bits per heavy atom. The molecule has 0 saturated heterocycles. The first-order valence-corrected chi connectivity index (χ1v) is 25.5. The number of hydrogen-bond acceptors (Lipinski definition) is 4. The molecule has 6 heteroatoms. The quantitative estimate of drug-likeness (QED) is 0.0635. The molecule has 0 aliphatic carbocycles. The van der Waals surface area contributed by atoms with Gasteiger partial charge in [-0.2, -0.15) is 0 Å². The second-order valence-electron chi connectivity index (χ2n) is 17.4. The number of nitrogens with zero attached hydrogens (tertiary/aromatic N) is 1. The van der Waals surface area contributed by atoms with Gasteiger partial charge < -0.3 is 14.0 Å². The minimum Gasteiger partial charge on any atom is -0.413 e. The number of rotatable bonds is 29. The fourth-order valence-electron chi connectivity index (χ4n) is 5.70. The van der Waals surface area contributed by atoms with Gasteiger partial charge in [0.05, 0.1) is 12.2 Å². The molecule has 0 aromatic heterocycles. The van der Waals surface area contributed by atoms with Gasteiger partial charge in [0.15, 0.2) is 16.6 Å². The van der Waals surface area contributed by atoms with Crippen LogP contribution >= 0.6 is 0 Å². The highest BCUT2D eigenvalue weighted by Crippen LogP contribution is 2.39. The molecular formula is C39H85NO3Si2. The van der Waals surface area contributed by atoms with Crippen LogP contribution < -0.4 is 0 Å². The number of hydrogen-bond donors (Lipinski definition) is 1. The molecule has 0 fully saturated rings. The molecular weight excluding hydrogens is 587 g/mol. The lowest BCUT2D eigenvalue weighted by atomic mass is 10.0. The van der Waals surface area contributed by atoms with Gasteiger partial charge in [-0.1, -0.05) is 158 Å². The average Bonchev–Trinajstić information content (AvgIpc) is 2.92. The molecule has 4 nitrogen and oxygen atoms in total. The lowest BCUT2D eigenvalue weighted by Gasteiger charge is -2.42. The van der Waals surface area contributed by atoms with E-state index in [0.717, 1.165) is 38.9 Å². The summed E-state index contributed by atoms with van der Waals surface area (Å²) in [4.78, 5) is 2.61. The zero-order valence-electron chi connectivity index (χ0n) is 33.1. The molecule has 45 heavy (non-hydrogen) atoms. The smallest absolute Gasteiger partial charge is 0.192 e. The van der Waals surface area contributed by atoms with E-state index in [1.807, 2.05) is 0 Å². The maximum absolute atomic E-state index is 9.85. The summed E-state index contributed by atoms with van der Waals surface area (Å²) in [6.07, 6.45) is 25.2. The zero-order valence-corrected chi connectivity index (χ0v) is 35.1. The van der Waals surface area contributed by atoms with Gasteiger partial charge >= 0.3 is 0 Å². The fourth-order valence-corrected chi connectivity index (χ4v) is 8.46. The van der Waals surface area contributed by atoms with Gasteiger partial charge in [-0.3, -0.25) is 4.90 Å². The molecule has 2 unspecified atom stereocenters. The second kappa shape index (κ2) is 24.4. The van der Waals surface area contributed by atoms with E-state index in [-0.39, 0.29) is 28.9 Å². The van der Waals surface area contributed by atoms with Gasteiger partial charge in [0.1, 0.15) is 0 Å². The van der Waals surface area contributed by atoms with Crippen molar-refractivity contribution < 1.29 is 14.0 Å². The molecule has 0 spiro atoms. The molecule has 0 aliphatic rings. The molecule has 0 aromatic carbocycles. The first-order valence-electron chi connectivity index (χ1n) is 19.7. The van der Waals surface area contributed by atoms with Crippen molar-refractivity contribution in [1.29, 1.82) is 0 Å². The van der Waals surface area contributed by atoms with Gasteiger partial charge in [0, 0.05) is 26.2 Å². The van der Waals surface area contributed by atoms with Gasteiger partial charge in [0.2, 0.25) is 0 Å². The fraction of sp³-hybridized carbons (Fsp3) is 1.00. The van der Waals surface area contributed by atoms with E-state index in [2.05, 4.69) is 86.5 Å². The maximum Gasteiger partial charge on any atom is 0.192 e. The van der Waals surface area contributed by atoms with E-state index in [1.165, 1.54) is 103 Å². The third-order valence-electron chi connectivity index (χ3n) is 10.9. The Balaban J connectivity index is 5.62. The topological polar surface area (TPSA) is 41.9 Å². The van der Waals surface area contributed by atoms with Crippen LogP contribution in [0.25, 0.3) is 0 Å². The van der Waals surface area contributed by atoms with Crippen LogP contribution in [0.2, 0.25) is 36.3 Å². The molecule has 0 aliphatic heterocycles. The predicted octanol–water partition coefficient (Wildman–Crippen LogP) is 12.5. The van der Waals surface area contributed by atoms with Crippen LogP contribution in [-0.4, -0.2) is 65.1 Å². The van der Waals surface area contributed by atoms with E-state index in [0.29, 0.717) is 0 Å². The Bertz CT molecular complexity index is 633. The number of unbranched alkanes of at least 4 members (excludes halogenated alkanes) is 14. The molecule has 2 atom stereocenters. The van der Waals surface area contributed by atoms with Crippen molar-refractivity contribution in [2.75, 3.05) is 26.2 Å². The summed E-state index contributed by atoms with van der Waals surface area (Å²) >= 11 is 0. The average molecular weight is 672 g/mol. The summed E-state index contributed by atoms with van der Waals surface area (Å²) < 4.78 is 14.3. The monoisotopic (exact) mass is 672 g/mol. The van der Waals surface area contributed by atoms with Crippen LogP contribution in [0.3, 0.4) is 0 Å². The molecule has 272 valence electrons. The summed E-state index contributed by atoms with van der Waals surface area (Å²) in [5.41, 5.74) is 0. The molecule has 0 heterocycles. The highest BCUT2D eigenvalue weighted by Gasteiger charge is 2.41. The summed E-state index contributed by atoms with van der Waals surface area (Å²) in [5, 5.41) is 10.2. The van der Waals surface area contributed by atoms with Crippen molar-refractivity contribution >= 4 is 16.6 Å². The number of aliphatic hydroxyl groups is 1. The SMILES string of the molecule is CCCCCCCCCCC(CN(CCCO)CC(CCCCCCCCCC)O[Si](C)(C)C(C)(C)C)O[Si](C)(C)C(C)(C)C. The van der Waals surface area contributed by atoms with Gasteiger partial charge in [-0.25, -0.2) is 0 Å². The summed E-state index contributed by atoms with van der Waals surface area (Å²) in [6.45, 7) is 31.5. The van der Waals surface area contributed by atoms with Crippen molar-refractivity contribution in [2.45, 2.75) is 226 Å². The summed E-state index contributed by atoms with van der Waals surface area (Å²) in [6, 6.07) is 0. The van der Waals surface area contributed by atoms with Gasteiger partial charge in [-0.15, -0.1) is 0 Å². The van der Waals surface area contributed by atoms with Crippen LogP contribution in [0.1, 0.15) is 177 Å². The third kappa shape index (κ3) is 21.8. The molecule has 0 radical (unpaired) electrons. The Morgan fingerprint density at radius 2 is 0.822 bits per heavy atom. The van der Waals surface area contributed by atoms with E-state index < -0.39 is 16.6 Å². The molecule has 0 saturated carbocycles. The highest BCUT2D eigenvalue weighted by atomic mass is 28.4. The third-order valence-corrected chi connectivity index (χ3v) is 19.9. The van der Waals surface area contributed by atoms with Crippen molar-refractivity contribution in [3.63, 3.8) is 0 Å². The largest absolute Gasteiger partial charge is 0.413 e. The first kappa shape index (κ1) is 45.3. The Morgan fingerprint density at radius 1 is 0.511 bits per heavy atom. The van der Waals surface area contributed by atoms with Crippen molar-refractivity contribution in [3.05, 3.63) is 0 Å². The maximum atomic E-state index is 9.85. The van der Waals surface area contributed by atoms with Gasteiger partial charge in [0.25, 0.3) is 0 Å². The van der Waals surface area contributed by atoms with Crippen molar-refractivity contribution in [2.24, 2.45) is 0 Å². The normalized spacial score (nSPS) is 14.8. The highest BCUT2D eigenvalue weighted by molar-refractivity contribution is 6.74.